The van der Waals surface area contributed by atoms with E-state index >= 15 is 0 Å². The number of nitrogen functional groups attached to an aromatic ring is 1. The van der Waals surface area contributed by atoms with Gasteiger partial charge in [-0.3, -0.25) is 0 Å². The Morgan fingerprint density at radius 2 is 2.36 bits per heavy atom. The molecule has 0 radical (unpaired) electrons. The smallest absolute Gasteiger partial charge is 0.181 e. The molecule has 3 N–H and O–H groups in total. The number of fused-ring (bicyclic) bond motifs is 1. The summed E-state index contributed by atoms with van der Waals surface area (Å²) in [6.45, 7) is 0.644. The van der Waals surface area contributed by atoms with Gasteiger partial charge in [-0.05, 0) is 24.7 Å². The van der Waals surface area contributed by atoms with E-state index in [0.717, 1.165) is 10.3 Å². The Labute approximate surface area is 84.8 Å². The summed E-state index contributed by atoms with van der Waals surface area (Å²) in [5.41, 5.74) is 6.78. The van der Waals surface area contributed by atoms with Crippen LogP contribution >= 0.6 is 11.3 Å². The number of aromatic nitrogens is 1. The van der Waals surface area contributed by atoms with E-state index in [2.05, 4.69) is 10.3 Å². The van der Waals surface area contributed by atoms with Gasteiger partial charge in [0.15, 0.2) is 10.9 Å². The van der Waals surface area contributed by atoms with Crippen LogP contribution in [0.3, 0.4) is 0 Å². The first-order valence-electron chi connectivity index (χ1n) is 4.19. The van der Waals surface area contributed by atoms with Crippen molar-refractivity contribution < 1.29 is 4.39 Å². The highest BCUT2D eigenvalue weighted by Gasteiger charge is 2.08. The molecule has 0 unspecified atom stereocenters. The molecule has 1 heterocycles. The van der Waals surface area contributed by atoms with Crippen molar-refractivity contribution in [3.63, 3.8) is 0 Å². The van der Waals surface area contributed by atoms with Crippen molar-refractivity contribution in [1.29, 1.82) is 0 Å². The third-order valence-electron chi connectivity index (χ3n) is 1.91. The number of benzene rings is 1. The molecular formula is C9H10FN3S. The SMILES string of the molecule is CNCc1cc(F)c2nc(N)sc2c1. The quantitative estimate of drug-likeness (QED) is 0.795. The van der Waals surface area contributed by atoms with Gasteiger partial charge in [-0.15, -0.1) is 0 Å². The fourth-order valence-electron chi connectivity index (χ4n) is 1.37. The minimum absolute atomic E-state index is 0.305. The fraction of sp³-hybridized carbons (Fsp3) is 0.222. The average molecular weight is 211 g/mol. The van der Waals surface area contributed by atoms with Crippen LogP contribution in [0.15, 0.2) is 12.1 Å². The van der Waals surface area contributed by atoms with E-state index < -0.39 is 0 Å². The van der Waals surface area contributed by atoms with Crippen molar-refractivity contribution in [3.05, 3.63) is 23.5 Å². The predicted molar refractivity (Wildman–Crippen MR) is 56.8 cm³/mol. The zero-order valence-corrected chi connectivity index (χ0v) is 8.49. The van der Waals surface area contributed by atoms with E-state index in [1.165, 1.54) is 17.4 Å². The Hall–Kier alpha value is -1.20. The highest BCUT2D eigenvalue weighted by atomic mass is 32.1. The summed E-state index contributed by atoms with van der Waals surface area (Å²) in [4.78, 5) is 3.91. The van der Waals surface area contributed by atoms with Crippen LogP contribution in [-0.4, -0.2) is 12.0 Å². The van der Waals surface area contributed by atoms with Crippen LogP contribution < -0.4 is 11.1 Å². The molecule has 5 heteroatoms. The van der Waals surface area contributed by atoms with Gasteiger partial charge in [0.2, 0.25) is 0 Å². The highest BCUT2D eigenvalue weighted by Crippen LogP contribution is 2.27. The Morgan fingerprint density at radius 3 is 3.07 bits per heavy atom. The van der Waals surface area contributed by atoms with Crippen LogP contribution in [0, 0.1) is 5.82 Å². The predicted octanol–water partition coefficient (Wildman–Crippen LogP) is 1.74. The molecule has 0 saturated heterocycles. The lowest BCUT2D eigenvalue weighted by Gasteiger charge is -1.99. The summed E-state index contributed by atoms with van der Waals surface area (Å²) >= 11 is 1.31. The van der Waals surface area contributed by atoms with Gasteiger partial charge in [0.25, 0.3) is 0 Å². The lowest BCUT2D eigenvalue weighted by atomic mass is 10.2. The van der Waals surface area contributed by atoms with Gasteiger partial charge in [0.05, 0.1) is 4.70 Å². The fourth-order valence-corrected chi connectivity index (χ4v) is 2.18. The second kappa shape index (κ2) is 3.51. The summed E-state index contributed by atoms with van der Waals surface area (Å²) in [6, 6.07) is 3.39. The average Bonchev–Trinajstić information content (AvgIpc) is 2.47. The molecule has 0 aliphatic carbocycles. The molecule has 1 aromatic carbocycles. The molecule has 1 aromatic heterocycles. The molecule has 0 bridgehead atoms. The normalized spacial score (nSPS) is 11.0. The van der Waals surface area contributed by atoms with Crippen molar-refractivity contribution in [3.8, 4) is 0 Å². The second-order valence-electron chi connectivity index (χ2n) is 3.01. The van der Waals surface area contributed by atoms with Crippen LogP contribution in [0.1, 0.15) is 5.56 Å². The van der Waals surface area contributed by atoms with E-state index in [1.54, 1.807) is 0 Å². The second-order valence-corrected chi connectivity index (χ2v) is 4.07. The highest BCUT2D eigenvalue weighted by molar-refractivity contribution is 7.22. The maximum absolute atomic E-state index is 13.4. The number of rotatable bonds is 2. The Morgan fingerprint density at radius 1 is 1.57 bits per heavy atom. The lowest BCUT2D eigenvalue weighted by molar-refractivity contribution is 0.633. The first-order valence-corrected chi connectivity index (χ1v) is 5.01. The topological polar surface area (TPSA) is 50.9 Å². The number of nitrogens with one attached hydrogen (secondary N) is 1. The first-order chi connectivity index (χ1) is 6.70. The van der Waals surface area contributed by atoms with Crippen LogP contribution in [0.4, 0.5) is 9.52 Å². The van der Waals surface area contributed by atoms with E-state index in [1.807, 2.05) is 13.1 Å². The molecule has 74 valence electrons. The van der Waals surface area contributed by atoms with Gasteiger partial charge in [0.1, 0.15) is 5.52 Å². The molecule has 0 saturated carbocycles. The van der Waals surface area contributed by atoms with Crippen LogP contribution in [0.2, 0.25) is 0 Å². The van der Waals surface area contributed by atoms with Crippen molar-refractivity contribution >= 4 is 26.7 Å². The van der Waals surface area contributed by atoms with Gasteiger partial charge >= 0.3 is 0 Å². The maximum Gasteiger partial charge on any atom is 0.181 e. The lowest BCUT2D eigenvalue weighted by Crippen LogP contribution is -2.05. The van der Waals surface area contributed by atoms with Crippen LogP contribution in [0.5, 0.6) is 0 Å². The number of halogens is 1. The number of nitrogens with zero attached hydrogens (tertiary/aromatic N) is 1. The van der Waals surface area contributed by atoms with Crippen LogP contribution in [0.25, 0.3) is 10.2 Å². The Bertz CT molecular complexity index is 466. The Balaban J connectivity index is 2.59. The van der Waals surface area contributed by atoms with E-state index in [-0.39, 0.29) is 5.82 Å². The molecule has 0 atom stereocenters. The number of nitrogens with two attached hydrogens (primary N) is 1. The number of hydrogen-bond acceptors (Lipinski definition) is 4. The number of thiazole rings is 1. The monoisotopic (exact) mass is 211 g/mol. The molecule has 0 aliphatic heterocycles. The largest absolute Gasteiger partial charge is 0.375 e. The van der Waals surface area contributed by atoms with Crippen molar-refractivity contribution in [2.24, 2.45) is 0 Å². The molecule has 2 aromatic rings. The Kier molecular flexibility index (Phi) is 2.35. The molecule has 0 aliphatic rings. The molecule has 0 fully saturated rings. The number of anilines is 1. The molecule has 14 heavy (non-hydrogen) atoms. The van der Waals surface area contributed by atoms with Gasteiger partial charge in [-0.2, -0.15) is 0 Å². The molecule has 0 spiro atoms. The maximum atomic E-state index is 13.4. The zero-order valence-electron chi connectivity index (χ0n) is 7.67. The number of hydrogen-bond donors (Lipinski definition) is 2. The third kappa shape index (κ3) is 1.56. The molecular weight excluding hydrogens is 201 g/mol. The molecule has 0 amide bonds. The van der Waals surface area contributed by atoms with Gasteiger partial charge in [0, 0.05) is 6.54 Å². The summed E-state index contributed by atoms with van der Waals surface area (Å²) < 4.78 is 14.2. The van der Waals surface area contributed by atoms with E-state index in [0.29, 0.717) is 17.2 Å². The van der Waals surface area contributed by atoms with Gasteiger partial charge in [-0.1, -0.05) is 11.3 Å². The van der Waals surface area contributed by atoms with Gasteiger partial charge < -0.3 is 11.1 Å². The van der Waals surface area contributed by atoms with E-state index in [9.17, 15) is 4.39 Å². The summed E-state index contributed by atoms with van der Waals surface area (Å²) in [7, 11) is 1.82. The van der Waals surface area contributed by atoms with Crippen molar-refractivity contribution in [2.45, 2.75) is 6.54 Å². The minimum atomic E-state index is -0.305. The van der Waals surface area contributed by atoms with Crippen molar-refractivity contribution in [2.75, 3.05) is 12.8 Å². The third-order valence-corrected chi connectivity index (χ3v) is 2.74. The summed E-state index contributed by atoms with van der Waals surface area (Å²) in [6.07, 6.45) is 0. The standard InChI is InChI=1S/C9H10FN3S/c1-12-4-5-2-6(10)8-7(3-5)14-9(11)13-8/h2-3,12H,4H2,1H3,(H2,11,13). The van der Waals surface area contributed by atoms with Gasteiger partial charge in [-0.25, -0.2) is 9.37 Å². The zero-order chi connectivity index (χ0) is 10.1. The molecule has 2 rings (SSSR count). The summed E-state index contributed by atoms with van der Waals surface area (Å²) in [5.74, 6) is -0.305. The van der Waals surface area contributed by atoms with Crippen LogP contribution in [-0.2, 0) is 6.54 Å². The minimum Gasteiger partial charge on any atom is -0.375 e. The summed E-state index contributed by atoms with van der Waals surface area (Å²) in [5, 5.41) is 3.37. The molecule has 3 nitrogen and oxygen atoms in total. The van der Waals surface area contributed by atoms with E-state index in [4.69, 9.17) is 5.73 Å². The first kappa shape index (κ1) is 9.36. The van der Waals surface area contributed by atoms with Crippen molar-refractivity contribution in [1.82, 2.24) is 10.3 Å².